The van der Waals surface area contributed by atoms with Gasteiger partial charge in [-0.1, -0.05) is 35.5 Å². The zero-order chi connectivity index (χ0) is 20.5. The van der Waals surface area contributed by atoms with E-state index >= 15 is 0 Å². The highest BCUT2D eigenvalue weighted by Gasteiger charge is 2.34. The number of hydrogen-bond acceptors (Lipinski definition) is 5. The number of hydrogen-bond donors (Lipinski definition) is 1. The Morgan fingerprint density at radius 1 is 1.23 bits per heavy atom. The predicted octanol–water partition coefficient (Wildman–Crippen LogP) is 4.13. The van der Waals surface area contributed by atoms with Crippen LogP contribution in [0.3, 0.4) is 0 Å². The first-order valence-electron chi connectivity index (χ1n) is 10.1. The number of rotatable bonds is 5. The van der Waals surface area contributed by atoms with Crippen LogP contribution in [-0.2, 0) is 11.2 Å². The minimum Gasteiger partial charge on any atom is -0.496 e. The number of fused-ring (bicyclic) bond motifs is 1. The molecule has 30 heavy (non-hydrogen) atoms. The van der Waals surface area contributed by atoms with E-state index in [0.717, 1.165) is 34.9 Å². The SMILES string of the molecule is COc1ccccc1-c1noc([C@H]2CCCN2C(=O)Cc2c[nH]c3ccccc23)n1. The van der Waals surface area contributed by atoms with Crippen LogP contribution >= 0.6 is 0 Å². The van der Waals surface area contributed by atoms with E-state index in [2.05, 4.69) is 15.1 Å². The summed E-state index contributed by atoms with van der Waals surface area (Å²) in [5, 5.41) is 5.22. The van der Waals surface area contributed by atoms with Crippen molar-refractivity contribution in [3.05, 3.63) is 66.2 Å². The molecule has 152 valence electrons. The number of aromatic nitrogens is 3. The molecule has 0 radical (unpaired) electrons. The summed E-state index contributed by atoms with van der Waals surface area (Å²) in [4.78, 5) is 22.8. The minimum atomic E-state index is -0.196. The molecule has 0 aliphatic carbocycles. The summed E-state index contributed by atoms with van der Waals surface area (Å²) in [6.07, 6.45) is 3.98. The van der Waals surface area contributed by atoms with Gasteiger partial charge in [0.2, 0.25) is 17.6 Å². The highest BCUT2D eigenvalue weighted by atomic mass is 16.5. The number of H-pyrrole nitrogens is 1. The molecular weight excluding hydrogens is 380 g/mol. The number of carbonyl (C=O) groups excluding carboxylic acids is 1. The second-order valence-electron chi connectivity index (χ2n) is 7.44. The highest BCUT2D eigenvalue weighted by Crippen LogP contribution is 2.34. The Morgan fingerprint density at radius 3 is 2.97 bits per heavy atom. The van der Waals surface area contributed by atoms with Gasteiger partial charge in [-0.25, -0.2) is 0 Å². The van der Waals surface area contributed by atoms with Crippen LogP contribution in [0.5, 0.6) is 5.75 Å². The van der Waals surface area contributed by atoms with Crippen LogP contribution in [-0.4, -0.2) is 39.6 Å². The third-order valence-corrected chi connectivity index (χ3v) is 5.66. The topological polar surface area (TPSA) is 84.3 Å². The smallest absolute Gasteiger partial charge is 0.249 e. The second-order valence-corrected chi connectivity index (χ2v) is 7.44. The van der Waals surface area contributed by atoms with Gasteiger partial charge in [-0.15, -0.1) is 0 Å². The maximum atomic E-state index is 13.1. The average molecular weight is 402 g/mol. The molecule has 3 heterocycles. The van der Waals surface area contributed by atoms with Crippen LogP contribution in [0.25, 0.3) is 22.3 Å². The van der Waals surface area contributed by atoms with Crippen molar-refractivity contribution in [3.63, 3.8) is 0 Å². The van der Waals surface area contributed by atoms with Crippen molar-refractivity contribution in [1.82, 2.24) is 20.0 Å². The summed E-state index contributed by atoms with van der Waals surface area (Å²) >= 11 is 0. The van der Waals surface area contributed by atoms with Gasteiger partial charge in [-0.2, -0.15) is 4.98 Å². The molecule has 4 aromatic rings. The first kappa shape index (κ1) is 18.4. The summed E-state index contributed by atoms with van der Waals surface area (Å²) in [5.74, 6) is 1.70. The first-order valence-corrected chi connectivity index (χ1v) is 10.1. The van der Waals surface area contributed by atoms with Gasteiger partial charge >= 0.3 is 0 Å². The zero-order valence-corrected chi connectivity index (χ0v) is 16.7. The number of carbonyl (C=O) groups is 1. The molecule has 1 fully saturated rings. The zero-order valence-electron chi connectivity index (χ0n) is 16.7. The molecule has 1 aliphatic rings. The lowest BCUT2D eigenvalue weighted by Gasteiger charge is -2.21. The Balaban J connectivity index is 1.38. The van der Waals surface area contributed by atoms with Crippen molar-refractivity contribution in [3.8, 4) is 17.1 Å². The maximum absolute atomic E-state index is 13.1. The van der Waals surface area contributed by atoms with Crippen molar-refractivity contribution >= 4 is 16.8 Å². The number of likely N-dealkylation sites (tertiary alicyclic amines) is 1. The fourth-order valence-electron chi connectivity index (χ4n) is 4.17. The monoisotopic (exact) mass is 402 g/mol. The van der Waals surface area contributed by atoms with Crippen LogP contribution in [0.15, 0.2) is 59.3 Å². The van der Waals surface area contributed by atoms with Crippen LogP contribution in [0.4, 0.5) is 0 Å². The number of ether oxygens (including phenoxy) is 1. The number of nitrogens with one attached hydrogen (secondary N) is 1. The number of methoxy groups -OCH3 is 1. The quantitative estimate of drug-likeness (QED) is 0.543. The van der Waals surface area contributed by atoms with E-state index in [4.69, 9.17) is 9.26 Å². The summed E-state index contributed by atoms with van der Waals surface area (Å²) < 4.78 is 11.0. The number of amides is 1. The number of nitrogens with zero attached hydrogens (tertiary/aromatic N) is 3. The van der Waals surface area contributed by atoms with E-state index < -0.39 is 0 Å². The Bertz CT molecular complexity index is 1200. The van der Waals surface area contributed by atoms with Gasteiger partial charge in [0.15, 0.2) is 0 Å². The molecule has 1 atom stereocenters. The molecule has 7 heteroatoms. The van der Waals surface area contributed by atoms with E-state index in [1.807, 2.05) is 59.6 Å². The standard InChI is InChI=1S/C23H22N4O3/c1-29-20-11-5-3-8-17(20)22-25-23(30-26-22)19-10-6-12-27(19)21(28)13-15-14-24-18-9-4-2-7-16(15)18/h2-5,7-9,11,14,19,24H,6,10,12-13H2,1H3/t19-/m1/s1. The molecular formula is C23H22N4O3. The molecule has 1 amide bonds. The van der Waals surface area contributed by atoms with E-state index in [9.17, 15) is 4.79 Å². The summed E-state index contributed by atoms with van der Waals surface area (Å²) in [6.45, 7) is 0.693. The Kier molecular flexibility index (Phi) is 4.71. The maximum Gasteiger partial charge on any atom is 0.249 e. The van der Waals surface area contributed by atoms with Crippen molar-refractivity contribution in [2.24, 2.45) is 0 Å². The van der Waals surface area contributed by atoms with Crippen molar-refractivity contribution in [2.45, 2.75) is 25.3 Å². The normalized spacial score (nSPS) is 16.3. The van der Waals surface area contributed by atoms with Crippen LogP contribution < -0.4 is 4.74 Å². The van der Waals surface area contributed by atoms with E-state index in [1.54, 1.807) is 7.11 Å². The van der Waals surface area contributed by atoms with Crippen molar-refractivity contribution in [1.29, 1.82) is 0 Å². The van der Waals surface area contributed by atoms with Gasteiger partial charge in [0.25, 0.3) is 0 Å². The summed E-state index contributed by atoms with van der Waals surface area (Å²) in [7, 11) is 1.61. The Hall–Kier alpha value is -3.61. The highest BCUT2D eigenvalue weighted by molar-refractivity contribution is 5.89. The molecule has 2 aromatic carbocycles. The van der Waals surface area contributed by atoms with Crippen molar-refractivity contribution in [2.75, 3.05) is 13.7 Å². The first-order chi connectivity index (χ1) is 14.7. The predicted molar refractivity (Wildman–Crippen MR) is 112 cm³/mol. The third-order valence-electron chi connectivity index (χ3n) is 5.66. The van der Waals surface area contributed by atoms with Crippen molar-refractivity contribution < 1.29 is 14.1 Å². The Morgan fingerprint density at radius 2 is 2.07 bits per heavy atom. The van der Waals surface area contributed by atoms with Gasteiger partial charge in [-0.05, 0) is 36.6 Å². The van der Waals surface area contributed by atoms with Gasteiger partial charge in [-0.3, -0.25) is 4.79 Å². The molecule has 5 rings (SSSR count). The molecule has 7 nitrogen and oxygen atoms in total. The van der Waals surface area contributed by atoms with E-state index in [1.165, 1.54) is 0 Å². The lowest BCUT2D eigenvalue weighted by molar-refractivity contribution is -0.131. The summed E-state index contributed by atoms with van der Waals surface area (Å²) in [5.41, 5.74) is 2.81. The lowest BCUT2D eigenvalue weighted by Crippen LogP contribution is -2.32. The molecule has 0 bridgehead atoms. The molecule has 0 spiro atoms. The fraction of sp³-hybridized carbons (Fsp3) is 0.261. The second kappa shape index (κ2) is 7.67. The number of para-hydroxylation sites is 2. The van der Waals surface area contributed by atoms with Gasteiger partial charge in [0, 0.05) is 23.6 Å². The van der Waals surface area contributed by atoms with Gasteiger partial charge in [0.1, 0.15) is 11.8 Å². The molecule has 0 unspecified atom stereocenters. The van der Waals surface area contributed by atoms with E-state index in [-0.39, 0.29) is 11.9 Å². The molecule has 1 aliphatic heterocycles. The molecule has 0 saturated carbocycles. The van der Waals surface area contributed by atoms with E-state index in [0.29, 0.717) is 30.4 Å². The minimum absolute atomic E-state index is 0.0688. The molecule has 1 N–H and O–H groups in total. The van der Waals surface area contributed by atoms with Crippen LogP contribution in [0, 0.1) is 0 Å². The van der Waals surface area contributed by atoms with Gasteiger partial charge in [0.05, 0.1) is 19.1 Å². The van der Waals surface area contributed by atoms with Crippen LogP contribution in [0.1, 0.15) is 30.3 Å². The van der Waals surface area contributed by atoms with Crippen LogP contribution in [0.2, 0.25) is 0 Å². The largest absolute Gasteiger partial charge is 0.496 e. The molecule has 2 aromatic heterocycles. The average Bonchev–Trinajstić information content (AvgIpc) is 3.53. The lowest BCUT2D eigenvalue weighted by atomic mass is 10.1. The third kappa shape index (κ3) is 3.22. The number of aromatic amines is 1. The summed E-state index contributed by atoms with van der Waals surface area (Å²) in [6, 6.07) is 15.4. The fourth-order valence-corrected chi connectivity index (χ4v) is 4.17. The Labute approximate surface area is 173 Å². The molecule has 1 saturated heterocycles. The van der Waals surface area contributed by atoms with Gasteiger partial charge < -0.3 is 19.1 Å². The number of benzene rings is 2.